The number of nitrogens with zero attached hydrogens (tertiary/aromatic N) is 3. The second kappa shape index (κ2) is 12.4. The number of benzene rings is 1. The molecule has 0 aromatic heterocycles. The van der Waals surface area contributed by atoms with Gasteiger partial charge in [0.15, 0.2) is 0 Å². The van der Waals surface area contributed by atoms with E-state index < -0.39 is 11.7 Å². The van der Waals surface area contributed by atoms with Gasteiger partial charge < -0.3 is 14.4 Å². The lowest BCUT2D eigenvalue weighted by Crippen LogP contribution is -2.42. The molecule has 0 aliphatic carbocycles. The summed E-state index contributed by atoms with van der Waals surface area (Å²) in [6.07, 6.45) is 0.165. The van der Waals surface area contributed by atoms with Crippen LogP contribution in [-0.4, -0.2) is 54.6 Å². The van der Waals surface area contributed by atoms with Crippen molar-refractivity contribution in [1.29, 1.82) is 0 Å². The molecule has 9 heteroatoms. The van der Waals surface area contributed by atoms with Crippen molar-refractivity contribution in [2.24, 2.45) is 11.0 Å². The number of esters is 1. The number of rotatable bonds is 8. The van der Waals surface area contributed by atoms with Crippen molar-refractivity contribution >= 4 is 11.8 Å². The van der Waals surface area contributed by atoms with E-state index in [0.717, 1.165) is 18.1 Å². The Hall–Kier alpha value is -3.07. The number of carbonyl (C=O) groups is 1. The van der Waals surface area contributed by atoms with Gasteiger partial charge in [0.2, 0.25) is 0 Å². The maximum Gasteiger partial charge on any atom is 0.416 e. The Morgan fingerprint density at radius 1 is 1.22 bits per heavy atom. The highest BCUT2D eigenvalue weighted by Crippen LogP contribution is 2.36. The summed E-state index contributed by atoms with van der Waals surface area (Å²) >= 11 is 0. The van der Waals surface area contributed by atoms with E-state index in [1.807, 2.05) is 26.0 Å². The van der Waals surface area contributed by atoms with Crippen molar-refractivity contribution in [3.05, 3.63) is 70.6 Å². The van der Waals surface area contributed by atoms with Crippen molar-refractivity contribution < 1.29 is 27.4 Å². The smallest absolute Gasteiger partial charge is 0.416 e. The third kappa shape index (κ3) is 7.03. The summed E-state index contributed by atoms with van der Waals surface area (Å²) in [5.41, 5.74) is 1.99. The number of ether oxygens (including phenoxy) is 2. The first-order chi connectivity index (χ1) is 17.6. The van der Waals surface area contributed by atoms with E-state index in [-0.39, 0.29) is 36.9 Å². The van der Waals surface area contributed by atoms with Gasteiger partial charge in [0.25, 0.3) is 0 Å². The third-order valence-electron chi connectivity index (χ3n) is 6.82. The molecular weight excluding hydrogens is 483 g/mol. The number of halogens is 3. The number of carbonyl (C=O) groups excluding carboxylic acids is 1. The molecule has 0 unspecified atom stereocenters. The summed E-state index contributed by atoms with van der Waals surface area (Å²) in [6, 6.07) is 4.20. The van der Waals surface area contributed by atoms with Crippen molar-refractivity contribution in [2.45, 2.75) is 53.1 Å². The van der Waals surface area contributed by atoms with Gasteiger partial charge in [-0.3, -0.25) is 4.79 Å². The Balaban J connectivity index is 2.16. The number of allylic oxidation sites excluding steroid dienone is 2. The van der Waals surface area contributed by atoms with Crippen molar-refractivity contribution in [1.82, 2.24) is 9.91 Å². The molecular formula is C28H36F3N3O3. The minimum absolute atomic E-state index is 0.0199. The summed E-state index contributed by atoms with van der Waals surface area (Å²) in [5, 5.41) is 6.56. The fourth-order valence-electron chi connectivity index (χ4n) is 4.50. The molecule has 0 amide bonds. The van der Waals surface area contributed by atoms with Crippen molar-refractivity contribution in [3.63, 3.8) is 0 Å². The fraction of sp³-hybridized carbons (Fsp3) is 0.500. The maximum atomic E-state index is 13.7. The summed E-state index contributed by atoms with van der Waals surface area (Å²) < 4.78 is 51.8. The molecule has 1 atom stereocenters. The summed E-state index contributed by atoms with van der Waals surface area (Å²) in [4.78, 5) is 14.7. The van der Waals surface area contributed by atoms with Crippen LogP contribution >= 0.6 is 0 Å². The van der Waals surface area contributed by atoms with Crippen LogP contribution in [0.15, 0.2) is 59.0 Å². The fourth-order valence-corrected chi connectivity index (χ4v) is 4.50. The van der Waals surface area contributed by atoms with Crippen LogP contribution in [0.5, 0.6) is 0 Å². The van der Waals surface area contributed by atoms with Crippen molar-refractivity contribution in [3.8, 4) is 0 Å². The Kier molecular flexibility index (Phi) is 9.59. The van der Waals surface area contributed by atoms with Crippen LogP contribution in [0, 0.1) is 12.8 Å². The van der Waals surface area contributed by atoms with E-state index in [2.05, 4.69) is 11.5 Å². The molecule has 2 aliphatic heterocycles. The monoisotopic (exact) mass is 519 g/mol. The zero-order chi connectivity index (χ0) is 27.2. The lowest BCUT2D eigenvalue weighted by molar-refractivity contribution is -0.142. The predicted molar refractivity (Wildman–Crippen MR) is 138 cm³/mol. The predicted octanol–water partition coefficient (Wildman–Crippen LogP) is 5.84. The molecule has 0 N–H and O–H groups in total. The van der Waals surface area contributed by atoms with Crippen LogP contribution in [0.3, 0.4) is 0 Å². The second-order valence-electron chi connectivity index (χ2n) is 9.22. The minimum atomic E-state index is -4.46. The molecule has 3 rings (SSSR count). The number of morpholine rings is 1. The first-order valence-electron chi connectivity index (χ1n) is 12.7. The van der Waals surface area contributed by atoms with Crippen LogP contribution in [0.1, 0.15) is 50.3 Å². The first kappa shape index (κ1) is 28.5. The van der Waals surface area contributed by atoms with Gasteiger partial charge >= 0.3 is 12.1 Å². The van der Waals surface area contributed by atoms with Gasteiger partial charge in [0.1, 0.15) is 5.84 Å². The van der Waals surface area contributed by atoms with Gasteiger partial charge in [-0.05, 0) is 61.1 Å². The average molecular weight is 520 g/mol. The Labute approximate surface area is 217 Å². The maximum absolute atomic E-state index is 13.7. The molecule has 202 valence electrons. The largest absolute Gasteiger partial charge is 0.466 e. The minimum Gasteiger partial charge on any atom is -0.466 e. The lowest BCUT2D eigenvalue weighted by atomic mass is 9.89. The molecule has 2 aliphatic rings. The third-order valence-corrected chi connectivity index (χ3v) is 6.82. The van der Waals surface area contributed by atoms with E-state index in [4.69, 9.17) is 14.6 Å². The molecule has 37 heavy (non-hydrogen) atoms. The van der Waals surface area contributed by atoms with Crippen LogP contribution in [0.4, 0.5) is 13.2 Å². The van der Waals surface area contributed by atoms with Gasteiger partial charge in [0, 0.05) is 25.2 Å². The molecule has 2 heterocycles. The lowest BCUT2D eigenvalue weighted by Gasteiger charge is -2.35. The van der Waals surface area contributed by atoms with Gasteiger partial charge in [-0.15, -0.1) is 0 Å². The highest BCUT2D eigenvalue weighted by atomic mass is 19.4. The van der Waals surface area contributed by atoms with E-state index in [9.17, 15) is 18.0 Å². The normalized spacial score (nSPS) is 17.9. The molecule has 1 aromatic rings. The molecule has 1 fully saturated rings. The van der Waals surface area contributed by atoms with E-state index in [0.29, 0.717) is 49.1 Å². The first-order valence-corrected chi connectivity index (χ1v) is 12.7. The van der Waals surface area contributed by atoms with E-state index in [1.54, 1.807) is 18.0 Å². The molecule has 0 spiro atoms. The highest BCUT2D eigenvalue weighted by molar-refractivity contribution is 5.94. The Morgan fingerprint density at radius 3 is 2.54 bits per heavy atom. The summed E-state index contributed by atoms with van der Waals surface area (Å²) in [6.45, 7) is 14.2. The summed E-state index contributed by atoms with van der Waals surface area (Å²) in [7, 11) is 0. The molecule has 6 nitrogen and oxygen atoms in total. The zero-order valence-corrected chi connectivity index (χ0v) is 22.0. The van der Waals surface area contributed by atoms with Gasteiger partial charge in [0.05, 0.1) is 37.5 Å². The standard InChI is InChI=1S/C28H36F3N3O3/c1-6-19(3)23(18-27(35)37-7-2)25(17-22-9-8-10-24(21(22)5)28(29,30)31)34-20(4)11-12-26(32-34)33-13-15-36-16-14-33/h8-12,19H,4,6-7,13-18H2,1-3,5H3/b25-23-/t19-/m0/s1. The number of hydrazone groups is 1. The van der Waals surface area contributed by atoms with Gasteiger partial charge in [-0.2, -0.15) is 18.3 Å². The molecule has 0 bridgehead atoms. The number of hydrogen-bond acceptors (Lipinski definition) is 6. The van der Waals surface area contributed by atoms with Crippen LogP contribution in [0.25, 0.3) is 0 Å². The van der Waals surface area contributed by atoms with Gasteiger partial charge in [-0.25, -0.2) is 5.01 Å². The average Bonchev–Trinajstić information content (AvgIpc) is 2.87. The molecule has 0 saturated carbocycles. The second-order valence-corrected chi connectivity index (χ2v) is 9.22. The molecule has 1 saturated heterocycles. The summed E-state index contributed by atoms with van der Waals surface area (Å²) in [5.74, 6) is 0.298. The Bertz CT molecular complexity index is 1090. The number of alkyl halides is 3. The van der Waals surface area contributed by atoms with Crippen LogP contribution in [0.2, 0.25) is 0 Å². The van der Waals surface area contributed by atoms with Crippen LogP contribution < -0.4 is 0 Å². The van der Waals surface area contributed by atoms with E-state index >= 15 is 0 Å². The molecule has 0 radical (unpaired) electrons. The number of hydrogen-bond donors (Lipinski definition) is 0. The van der Waals surface area contributed by atoms with Gasteiger partial charge in [-0.1, -0.05) is 32.6 Å². The molecule has 1 aromatic carbocycles. The number of amidine groups is 1. The topological polar surface area (TPSA) is 54.4 Å². The Morgan fingerprint density at radius 2 is 1.92 bits per heavy atom. The quantitative estimate of drug-likeness (QED) is 0.404. The zero-order valence-electron chi connectivity index (χ0n) is 22.0. The van der Waals surface area contributed by atoms with Crippen molar-refractivity contribution in [2.75, 3.05) is 32.9 Å². The van der Waals surface area contributed by atoms with Crippen LogP contribution in [-0.2, 0) is 26.9 Å². The SMILES string of the molecule is C=C1C=CC(N2CCOCC2)=NN1/C(Cc1cccc(C(F)(F)F)c1C)=C(/CC(=O)OCC)[C@@H](C)CC. The van der Waals surface area contributed by atoms with E-state index in [1.165, 1.54) is 13.0 Å². The highest BCUT2D eigenvalue weighted by Gasteiger charge is 2.33.